The minimum absolute atomic E-state index is 0.0563. The fraction of sp³-hybridized carbons (Fsp3) is 0.379. The van der Waals surface area contributed by atoms with Gasteiger partial charge in [0, 0.05) is 29.3 Å². The molecule has 3 atom stereocenters. The van der Waals surface area contributed by atoms with E-state index in [4.69, 9.17) is 14.2 Å². The molecule has 2 aliphatic rings. The van der Waals surface area contributed by atoms with E-state index in [1.807, 2.05) is 39.0 Å². The van der Waals surface area contributed by atoms with Crippen molar-refractivity contribution < 1.29 is 28.2 Å². The van der Waals surface area contributed by atoms with Crippen LogP contribution in [0.1, 0.15) is 63.0 Å². The van der Waals surface area contributed by atoms with E-state index in [9.17, 15) is 14.0 Å². The molecular weight excluding hydrogens is 461 g/mol. The fourth-order valence-electron chi connectivity index (χ4n) is 4.97. The van der Waals surface area contributed by atoms with E-state index < -0.39 is 11.9 Å². The van der Waals surface area contributed by atoms with E-state index in [0.29, 0.717) is 46.7 Å². The zero-order valence-electron chi connectivity index (χ0n) is 21.3. The minimum Gasteiger partial charge on any atom is -0.493 e. The number of carbonyl (C=O) groups is 2. The van der Waals surface area contributed by atoms with Crippen LogP contribution in [-0.2, 0) is 14.3 Å². The number of hydrogen-bond donors (Lipinski definition) is 1. The molecule has 1 heterocycles. The normalized spacial score (nSPS) is 20.4. The summed E-state index contributed by atoms with van der Waals surface area (Å²) in [5.41, 5.74) is 3.99. The lowest BCUT2D eigenvalue weighted by Gasteiger charge is -2.37. The van der Waals surface area contributed by atoms with Gasteiger partial charge in [0.2, 0.25) is 0 Å². The van der Waals surface area contributed by atoms with Gasteiger partial charge in [0.05, 0.1) is 25.9 Å². The van der Waals surface area contributed by atoms with Gasteiger partial charge in [0.1, 0.15) is 5.82 Å². The highest BCUT2D eigenvalue weighted by atomic mass is 19.1. The standard InChI is InChI=1S/C29H32FNO5/c1-6-16(2)36-29(33)26-17(3)31-22-13-20(19-9-12-24(34-4)25(15-19)35-5)14-23(32)28(22)27(26)18-7-10-21(30)11-8-18/h7-12,15-16,20,27,31H,6,13-14H2,1-5H3/t16-,20+,27+/m0/s1. The van der Waals surface area contributed by atoms with E-state index in [2.05, 4.69) is 5.32 Å². The molecule has 2 aromatic carbocycles. The number of nitrogens with one attached hydrogen (secondary N) is 1. The first-order valence-corrected chi connectivity index (χ1v) is 12.2. The summed E-state index contributed by atoms with van der Waals surface area (Å²) in [6.07, 6.45) is 1.27. The molecule has 0 saturated heterocycles. The first-order chi connectivity index (χ1) is 17.3. The molecule has 6 nitrogen and oxygen atoms in total. The van der Waals surface area contributed by atoms with Crippen LogP contribution in [0.2, 0.25) is 0 Å². The zero-order valence-corrected chi connectivity index (χ0v) is 21.3. The summed E-state index contributed by atoms with van der Waals surface area (Å²) in [7, 11) is 3.16. The Balaban J connectivity index is 1.76. The van der Waals surface area contributed by atoms with E-state index in [1.54, 1.807) is 26.4 Å². The molecule has 0 bridgehead atoms. The summed E-state index contributed by atoms with van der Waals surface area (Å²) in [5, 5.41) is 3.34. The summed E-state index contributed by atoms with van der Waals surface area (Å²) in [5.74, 6) is -0.372. The molecule has 2 aromatic rings. The molecule has 4 rings (SSSR count). The third kappa shape index (κ3) is 4.87. The average Bonchev–Trinajstić information content (AvgIpc) is 2.87. The van der Waals surface area contributed by atoms with Crippen molar-refractivity contribution >= 4 is 11.8 Å². The van der Waals surface area contributed by atoms with Crippen LogP contribution in [0.4, 0.5) is 4.39 Å². The Kier molecular flexibility index (Phi) is 7.48. The summed E-state index contributed by atoms with van der Waals surface area (Å²) in [6.45, 7) is 5.59. The van der Waals surface area contributed by atoms with Gasteiger partial charge in [-0.05, 0) is 68.0 Å². The minimum atomic E-state index is -0.628. The van der Waals surface area contributed by atoms with E-state index in [0.717, 1.165) is 11.3 Å². The summed E-state index contributed by atoms with van der Waals surface area (Å²) < 4.78 is 30.2. The Morgan fingerprint density at radius 1 is 1.06 bits per heavy atom. The van der Waals surface area contributed by atoms with Crippen LogP contribution in [-0.4, -0.2) is 32.1 Å². The van der Waals surface area contributed by atoms with Gasteiger partial charge < -0.3 is 19.5 Å². The maximum Gasteiger partial charge on any atom is 0.337 e. The maximum absolute atomic E-state index is 13.8. The van der Waals surface area contributed by atoms with Gasteiger partial charge in [-0.15, -0.1) is 0 Å². The van der Waals surface area contributed by atoms with Crippen molar-refractivity contribution in [3.8, 4) is 11.5 Å². The third-order valence-corrected chi connectivity index (χ3v) is 7.01. The number of esters is 1. The number of dihydropyridines is 1. The highest BCUT2D eigenvalue weighted by molar-refractivity contribution is 6.04. The Bertz CT molecular complexity index is 1230. The molecule has 1 aliphatic heterocycles. The van der Waals surface area contributed by atoms with E-state index >= 15 is 0 Å². The molecule has 190 valence electrons. The number of hydrogen-bond acceptors (Lipinski definition) is 6. The Hall–Kier alpha value is -3.61. The lowest BCUT2D eigenvalue weighted by Crippen LogP contribution is -2.36. The Labute approximate surface area is 211 Å². The molecule has 0 spiro atoms. The third-order valence-electron chi connectivity index (χ3n) is 7.01. The smallest absolute Gasteiger partial charge is 0.337 e. The van der Waals surface area contributed by atoms with Gasteiger partial charge >= 0.3 is 5.97 Å². The van der Waals surface area contributed by atoms with Crippen LogP contribution in [0.5, 0.6) is 11.5 Å². The molecular formula is C29H32FNO5. The molecule has 0 unspecified atom stereocenters. The van der Waals surface area contributed by atoms with Crippen LogP contribution in [0.15, 0.2) is 65.0 Å². The van der Waals surface area contributed by atoms with Crippen LogP contribution in [0, 0.1) is 5.82 Å². The average molecular weight is 494 g/mol. The topological polar surface area (TPSA) is 73.9 Å². The predicted molar refractivity (Wildman–Crippen MR) is 134 cm³/mol. The summed E-state index contributed by atoms with van der Waals surface area (Å²) in [4.78, 5) is 27.0. The molecule has 7 heteroatoms. The van der Waals surface area contributed by atoms with Crippen LogP contribution < -0.4 is 14.8 Å². The van der Waals surface area contributed by atoms with Gasteiger partial charge in [-0.25, -0.2) is 9.18 Å². The van der Waals surface area contributed by atoms with Crippen molar-refractivity contribution in [2.75, 3.05) is 14.2 Å². The first kappa shape index (κ1) is 25.5. The van der Waals surface area contributed by atoms with Crippen molar-refractivity contribution in [1.29, 1.82) is 0 Å². The van der Waals surface area contributed by atoms with Crippen LogP contribution in [0.3, 0.4) is 0 Å². The number of allylic oxidation sites excluding steroid dienone is 3. The number of benzene rings is 2. The van der Waals surface area contributed by atoms with Crippen molar-refractivity contribution in [3.05, 3.63) is 81.9 Å². The SMILES string of the molecule is CC[C@H](C)OC(=O)C1=C(C)NC2=C(C(=O)C[C@H](c3ccc(OC)c(OC)c3)C2)[C@@H]1c1ccc(F)cc1. The van der Waals surface area contributed by atoms with E-state index in [1.165, 1.54) is 12.1 Å². The number of ketones is 1. The number of Topliss-reactive ketones (excluding diaryl/α,β-unsaturated/α-hetero) is 1. The maximum atomic E-state index is 13.8. The van der Waals surface area contributed by atoms with Gasteiger partial charge in [-0.2, -0.15) is 0 Å². The van der Waals surface area contributed by atoms with Crippen LogP contribution >= 0.6 is 0 Å². The molecule has 0 fully saturated rings. The second-order valence-corrected chi connectivity index (χ2v) is 9.31. The van der Waals surface area contributed by atoms with Crippen molar-refractivity contribution in [1.82, 2.24) is 5.32 Å². The quantitative estimate of drug-likeness (QED) is 0.510. The van der Waals surface area contributed by atoms with Gasteiger partial charge in [-0.1, -0.05) is 25.1 Å². The zero-order chi connectivity index (χ0) is 26.0. The predicted octanol–water partition coefficient (Wildman–Crippen LogP) is 5.55. The molecule has 1 N–H and O–H groups in total. The number of methoxy groups -OCH3 is 2. The largest absolute Gasteiger partial charge is 0.493 e. The van der Waals surface area contributed by atoms with Gasteiger partial charge in [-0.3, -0.25) is 4.79 Å². The number of halogens is 1. The summed E-state index contributed by atoms with van der Waals surface area (Å²) in [6, 6.07) is 11.7. The summed E-state index contributed by atoms with van der Waals surface area (Å²) >= 11 is 0. The lowest BCUT2D eigenvalue weighted by atomic mass is 9.71. The lowest BCUT2D eigenvalue weighted by molar-refractivity contribution is -0.144. The number of rotatable bonds is 7. The van der Waals surface area contributed by atoms with Gasteiger partial charge in [0.15, 0.2) is 17.3 Å². The van der Waals surface area contributed by atoms with Crippen molar-refractivity contribution in [2.45, 2.75) is 58.0 Å². The first-order valence-electron chi connectivity index (χ1n) is 12.2. The molecule has 0 radical (unpaired) electrons. The Morgan fingerprint density at radius 2 is 1.72 bits per heavy atom. The molecule has 0 aromatic heterocycles. The highest BCUT2D eigenvalue weighted by Crippen LogP contribution is 2.46. The van der Waals surface area contributed by atoms with E-state index in [-0.39, 0.29) is 30.0 Å². The molecule has 0 saturated carbocycles. The second-order valence-electron chi connectivity index (χ2n) is 9.31. The Morgan fingerprint density at radius 3 is 2.36 bits per heavy atom. The second kappa shape index (κ2) is 10.6. The fourth-order valence-corrected chi connectivity index (χ4v) is 4.97. The highest BCUT2D eigenvalue weighted by Gasteiger charge is 2.41. The number of ether oxygens (including phenoxy) is 3. The monoisotopic (exact) mass is 493 g/mol. The van der Waals surface area contributed by atoms with Crippen molar-refractivity contribution in [2.24, 2.45) is 0 Å². The molecule has 36 heavy (non-hydrogen) atoms. The van der Waals surface area contributed by atoms with Gasteiger partial charge in [0.25, 0.3) is 0 Å². The molecule has 1 aliphatic carbocycles. The number of carbonyl (C=O) groups excluding carboxylic acids is 2. The van der Waals surface area contributed by atoms with Crippen LogP contribution in [0.25, 0.3) is 0 Å². The van der Waals surface area contributed by atoms with Crippen molar-refractivity contribution in [3.63, 3.8) is 0 Å². The molecule has 0 amide bonds.